The van der Waals surface area contributed by atoms with Crippen LogP contribution in [0.15, 0.2) is 36.5 Å². The standard InChI is InChI=1S/C18H21ClN4O2/c1-13-5-8-23(21-13)12-17(24)20-16-10-18(25)22(11-16)7-6-14-3-2-4-15(19)9-14/h2-5,8-9,16H,6-7,10-12H2,1H3,(H,20,24)/t16-/m1/s1. The third-order valence-corrected chi connectivity index (χ3v) is 4.45. The minimum Gasteiger partial charge on any atom is -0.349 e. The average Bonchev–Trinajstić information content (AvgIpc) is 3.10. The van der Waals surface area contributed by atoms with Crippen molar-refractivity contribution in [2.24, 2.45) is 0 Å². The predicted molar refractivity (Wildman–Crippen MR) is 95.2 cm³/mol. The number of aryl methyl sites for hydroxylation is 1. The first-order valence-electron chi connectivity index (χ1n) is 8.31. The molecule has 0 aliphatic carbocycles. The minimum absolute atomic E-state index is 0.0715. The Kier molecular flexibility index (Phi) is 5.38. The fourth-order valence-electron chi connectivity index (χ4n) is 3.01. The summed E-state index contributed by atoms with van der Waals surface area (Å²) < 4.78 is 1.60. The molecule has 132 valence electrons. The van der Waals surface area contributed by atoms with E-state index in [9.17, 15) is 9.59 Å². The zero-order valence-electron chi connectivity index (χ0n) is 14.1. The number of nitrogens with one attached hydrogen (secondary N) is 1. The van der Waals surface area contributed by atoms with Gasteiger partial charge in [0.1, 0.15) is 6.54 Å². The van der Waals surface area contributed by atoms with Gasteiger partial charge in [0.25, 0.3) is 0 Å². The third-order valence-electron chi connectivity index (χ3n) is 4.22. The van der Waals surface area contributed by atoms with E-state index >= 15 is 0 Å². The van der Waals surface area contributed by atoms with Crippen LogP contribution >= 0.6 is 11.6 Å². The van der Waals surface area contributed by atoms with Crippen LogP contribution in [-0.2, 0) is 22.6 Å². The van der Waals surface area contributed by atoms with E-state index in [4.69, 9.17) is 11.6 Å². The molecule has 6 nitrogen and oxygen atoms in total. The van der Waals surface area contributed by atoms with Crippen molar-refractivity contribution >= 4 is 23.4 Å². The maximum Gasteiger partial charge on any atom is 0.242 e. The van der Waals surface area contributed by atoms with Gasteiger partial charge in [-0.3, -0.25) is 14.3 Å². The highest BCUT2D eigenvalue weighted by Gasteiger charge is 2.30. The molecule has 1 fully saturated rings. The number of nitrogens with zero attached hydrogens (tertiary/aromatic N) is 3. The lowest BCUT2D eigenvalue weighted by Crippen LogP contribution is -2.39. The van der Waals surface area contributed by atoms with E-state index in [1.807, 2.05) is 37.3 Å². The molecule has 1 atom stereocenters. The number of halogens is 1. The number of amides is 2. The maximum atomic E-state index is 12.1. The number of rotatable bonds is 6. The van der Waals surface area contributed by atoms with E-state index in [0.717, 1.165) is 17.7 Å². The van der Waals surface area contributed by atoms with Gasteiger partial charge in [0, 0.05) is 30.7 Å². The molecule has 7 heteroatoms. The minimum atomic E-state index is -0.143. The molecule has 2 amide bonds. The highest BCUT2D eigenvalue weighted by molar-refractivity contribution is 6.30. The Hall–Kier alpha value is -2.34. The van der Waals surface area contributed by atoms with Crippen LogP contribution in [0.4, 0.5) is 0 Å². The zero-order valence-corrected chi connectivity index (χ0v) is 14.9. The quantitative estimate of drug-likeness (QED) is 0.854. The van der Waals surface area contributed by atoms with Gasteiger partial charge in [-0.1, -0.05) is 23.7 Å². The molecule has 0 spiro atoms. The molecular weight excluding hydrogens is 340 g/mol. The molecule has 0 radical (unpaired) electrons. The second-order valence-corrected chi connectivity index (χ2v) is 6.78. The lowest BCUT2D eigenvalue weighted by molar-refractivity contribution is -0.127. The lowest BCUT2D eigenvalue weighted by Gasteiger charge is -2.17. The second-order valence-electron chi connectivity index (χ2n) is 6.34. The van der Waals surface area contributed by atoms with Gasteiger partial charge >= 0.3 is 0 Å². The van der Waals surface area contributed by atoms with Gasteiger partial charge in [0.15, 0.2) is 0 Å². The zero-order chi connectivity index (χ0) is 17.8. The van der Waals surface area contributed by atoms with Crippen molar-refractivity contribution in [2.45, 2.75) is 32.4 Å². The Morgan fingerprint density at radius 3 is 2.96 bits per heavy atom. The van der Waals surface area contributed by atoms with Gasteiger partial charge in [0.05, 0.1) is 11.7 Å². The van der Waals surface area contributed by atoms with Gasteiger partial charge in [-0.15, -0.1) is 0 Å². The van der Waals surface area contributed by atoms with Gasteiger partial charge in [0.2, 0.25) is 11.8 Å². The number of aromatic nitrogens is 2. The molecule has 2 heterocycles. The fourth-order valence-corrected chi connectivity index (χ4v) is 3.23. The summed E-state index contributed by atoms with van der Waals surface area (Å²) >= 11 is 5.98. The summed E-state index contributed by atoms with van der Waals surface area (Å²) in [4.78, 5) is 26.0. The average molecular weight is 361 g/mol. The summed E-state index contributed by atoms with van der Waals surface area (Å²) in [6.07, 6.45) is 2.87. The fraction of sp³-hybridized carbons (Fsp3) is 0.389. The molecule has 2 aromatic rings. The number of benzene rings is 1. The van der Waals surface area contributed by atoms with Crippen molar-refractivity contribution in [3.63, 3.8) is 0 Å². The van der Waals surface area contributed by atoms with Gasteiger partial charge in [-0.25, -0.2) is 0 Å². The molecule has 0 bridgehead atoms. The van der Waals surface area contributed by atoms with Crippen LogP contribution in [-0.4, -0.2) is 45.6 Å². The van der Waals surface area contributed by atoms with E-state index in [1.165, 1.54) is 0 Å². The van der Waals surface area contributed by atoms with Gasteiger partial charge in [-0.2, -0.15) is 5.10 Å². The van der Waals surface area contributed by atoms with E-state index in [2.05, 4.69) is 10.4 Å². The third kappa shape index (κ3) is 4.82. The first-order valence-corrected chi connectivity index (χ1v) is 8.69. The number of carbonyl (C=O) groups excluding carboxylic acids is 2. The Labute approximate surface area is 151 Å². The van der Waals surface area contributed by atoms with Gasteiger partial charge in [-0.05, 0) is 37.1 Å². The van der Waals surface area contributed by atoms with Crippen LogP contribution in [0.5, 0.6) is 0 Å². The Morgan fingerprint density at radius 2 is 2.24 bits per heavy atom. The normalized spacial score (nSPS) is 17.1. The Morgan fingerprint density at radius 1 is 1.40 bits per heavy atom. The first-order chi connectivity index (χ1) is 12.0. The van der Waals surface area contributed by atoms with Crippen LogP contribution in [0.3, 0.4) is 0 Å². The Bertz CT molecular complexity index is 774. The van der Waals surface area contributed by atoms with Crippen molar-refractivity contribution in [1.29, 1.82) is 0 Å². The van der Waals surface area contributed by atoms with Crippen molar-refractivity contribution < 1.29 is 9.59 Å². The summed E-state index contributed by atoms with van der Waals surface area (Å²) in [5.74, 6) is -0.0557. The highest BCUT2D eigenvalue weighted by atomic mass is 35.5. The number of likely N-dealkylation sites (tertiary alicyclic amines) is 1. The molecule has 0 unspecified atom stereocenters. The van der Waals surface area contributed by atoms with Crippen molar-refractivity contribution in [2.75, 3.05) is 13.1 Å². The monoisotopic (exact) mass is 360 g/mol. The maximum absolute atomic E-state index is 12.1. The molecule has 25 heavy (non-hydrogen) atoms. The molecular formula is C18H21ClN4O2. The summed E-state index contributed by atoms with van der Waals surface area (Å²) in [7, 11) is 0. The highest BCUT2D eigenvalue weighted by Crippen LogP contribution is 2.15. The Balaban J connectivity index is 1.47. The van der Waals surface area contributed by atoms with Crippen LogP contribution in [0.1, 0.15) is 17.7 Å². The summed E-state index contributed by atoms with van der Waals surface area (Å²) in [5, 5.41) is 7.81. The van der Waals surface area contributed by atoms with E-state index in [0.29, 0.717) is 24.5 Å². The van der Waals surface area contributed by atoms with E-state index < -0.39 is 0 Å². The number of hydrogen-bond acceptors (Lipinski definition) is 3. The molecule has 1 aromatic carbocycles. The summed E-state index contributed by atoms with van der Waals surface area (Å²) in [5.41, 5.74) is 1.97. The smallest absolute Gasteiger partial charge is 0.242 e. The predicted octanol–water partition coefficient (Wildman–Crippen LogP) is 1.80. The summed E-state index contributed by atoms with van der Waals surface area (Å²) in [6.45, 7) is 3.22. The topological polar surface area (TPSA) is 67.2 Å². The molecule has 1 saturated heterocycles. The first kappa shape index (κ1) is 17.5. The largest absolute Gasteiger partial charge is 0.349 e. The van der Waals surface area contributed by atoms with E-state index in [-0.39, 0.29) is 24.4 Å². The molecule has 1 aliphatic rings. The molecule has 1 aromatic heterocycles. The SMILES string of the molecule is Cc1ccn(CC(=O)N[C@@H]2CC(=O)N(CCc3cccc(Cl)c3)C2)n1. The number of carbonyl (C=O) groups is 2. The number of hydrogen-bond donors (Lipinski definition) is 1. The summed E-state index contributed by atoms with van der Waals surface area (Å²) in [6, 6.07) is 9.35. The molecule has 0 saturated carbocycles. The molecule has 1 N–H and O–H groups in total. The van der Waals surface area contributed by atoms with Gasteiger partial charge < -0.3 is 10.2 Å². The van der Waals surface area contributed by atoms with Crippen molar-refractivity contribution in [3.8, 4) is 0 Å². The van der Waals surface area contributed by atoms with Crippen LogP contribution < -0.4 is 5.32 Å². The molecule has 1 aliphatic heterocycles. The van der Waals surface area contributed by atoms with Crippen LogP contribution in [0.2, 0.25) is 5.02 Å². The van der Waals surface area contributed by atoms with Crippen molar-refractivity contribution in [3.05, 3.63) is 52.8 Å². The van der Waals surface area contributed by atoms with Crippen LogP contribution in [0, 0.1) is 6.92 Å². The van der Waals surface area contributed by atoms with E-state index in [1.54, 1.807) is 15.8 Å². The van der Waals surface area contributed by atoms with Crippen molar-refractivity contribution in [1.82, 2.24) is 20.0 Å². The second kappa shape index (κ2) is 7.70. The van der Waals surface area contributed by atoms with Crippen LogP contribution in [0.25, 0.3) is 0 Å². The lowest BCUT2D eigenvalue weighted by atomic mass is 10.1. The molecule has 3 rings (SSSR count).